The van der Waals surface area contributed by atoms with Crippen molar-refractivity contribution in [1.29, 1.82) is 0 Å². The molecule has 0 fully saturated rings. The lowest BCUT2D eigenvalue weighted by Gasteiger charge is -2.13. The van der Waals surface area contributed by atoms with E-state index in [0.29, 0.717) is 27.8 Å². The molecule has 0 aliphatic heterocycles. The largest absolute Gasteiger partial charge is 0.495 e. The molecule has 3 aromatic rings. The number of nitrogens with one attached hydrogen (secondary N) is 3. The summed E-state index contributed by atoms with van der Waals surface area (Å²) in [7, 11) is -2.36. The normalized spacial score (nSPS) is 10.9. The molecule has 3 N–H and O–H groups in total. The molecule has 0 spiro atoms. The molecule has 0 bridgehead atoms. The molecule has 0 saturated heterocycles. The molecule has 0 atom stereocenters. The molecule has 0 aromatic heterocycles. The van der Waals surface area contributed by atoms with Crippen LogP contribution in [-0.2, 0) is 10.0 Å². The van der Waals surface area contributed by atoms with Crippen LogP contribution in [0, 0.1) is 6.92 Å². The van der Waals surface area contributed by atoms with Gasteiger partial charge in [0.15, 0.2) is 0 Å². The van der Waals surface area contributed by atoms with Gasteiger partial charge in [0.05, 0.1) is 17.7 Å². The lowest BCUT2D eigenvalue weighted by atomic mass is 10.2. The molecule has 0 saturated carbocycles. The van der Waals surface area contributed by atoms with Crippen molar-refractivity contribution in [3.8, 4) is 5.75 Å². The Morgan fingerprint density at radius 1 is 0.933 bits per heavy atom. The van der Waals surface area contributed by atoms with Gasteiger partial charge in [-0.3, -0.25) is 4.72 Å². The van der Waals surface area contributed by atoms with E-state index in [4.69, 9.17) is 16.3 Å². The number of hydrogen-bond donors (Lipinski definition) is 3. The van der Waals surface area contributed by atoms with Crippen molar-refractivity contribution in [1.82, 2.24) is 0 Å². The van der Waals surface area contributed by atoms with Gasteiger partial charge in [-0.1, -0.05) is 23.7 Å². The zero-order valence-corrected chi connectivity index (χ0v) is 17.8. The van der Waals surface area contributed by atoms with E-state index in [1.807, 2.05) is 13.0 Å². The number of methoxy groups -OCH3 is 1. The van der Waals surface area contributed by atoms with Gasteiger partial charge in [-0.05, 0) is 67.1 Å². The minimum atomic E-state index is -3.83. The fraction of sp³-hybridized carbons (Fsp3) is 0.0952. The van der Waals surface area contributed by atoms with Crippen molar-refractivity contribution in [2.45, 2.75) is 11.8 Å². The van der Waals surface area contributed by atoms with Gasteiger partial charge in [-0.25, -0.2) is 13.2 Å². The van der Waals surface area contributed by atoms with Gasteiger partial charge in [0.25, 0.3) is 10.0 Å². The quantitative estimate of drug-likeness (QED) is 0.491. The van der Waals surface area contributed by atoms with E-state index in [2.05, 4.69) is 15.4 Å². The highest BCUT2D eigenvalue weighted by molar-refractivity contribution is 7.92. The SMILES string of the molecule is COc1ccc(C)cc1NS(=O)(=O)c1ccc(NC(=O)Nc2cccc(Cl)c2)cc1. The summed E-state index contributed by atoms with van der Waals surface area (Å²) in [6.45, 7) is 1.85. The van der Waals surface area contributed by atoms with Crippen LogP contribution in [0.4, 0.5) is 21.9 Å². The van der Waals surface area contributed by atoms with Crippen molar-refractivity contribution in [3.63, 3.8) is 0 Å². The zero-order chi connectivity index (χ0) is 21.7. The van der Waals surface area contributed by atoms with Crippen molar-refractivity contribution >= 4 is 44.7 Å². The minimum absolute atomic E-state index is 0.0480. The second-order valence-electron chi connectivity index (χ2n) is 6.42. The van der Waals surface area contributed by atoms with Crippen LogP contribution in [-0.4, -0.2) is 21.6 Å². The Morgan fingerprint density at radius 3 is 2.30 bits per heavy atom. The second kappa shape index (κ2) is 9.06. The van der Waals surface area contributed by atoms with Crippen LogP contribution in [0.1, 0.15) is 5.56 Å². The summed E-state index contributed by atoms with van der Waals surface area (Å²) in [5.74, 6) is 0.417. The first-order chi connectivity index (χ1) is 14.3. The summed E-state index contributed by atoms with van der Waals surface area (Å²) in [5, 5.41) is 5.78. The van der Waals surface area contributed by atoms with E-state index in [0.717, 1.165) is 5.56 Å². The van der Waals surface area contributed by atoms with Crippen LogP contribution in [0.2, 0.25) is 5.02 Å². The predicted octanol–water partition coefficient (Wildman–Crippen LogP) is 5.10. The van der Waals surface area contributed by atoms with Crippen molar-refractivity contribution in [3.05, 3.63) is 77.3 Å². The molecule has 3 rings (SSSR count). The zero-order valence-electron chi connectivity index (χ0n) is 16.3. The molecular weight excluding hydrogens is 426 g/mol. The van der Waals surface area contributed by atoms with E-state index >= 15 is 0 Å². The minimum Gasteiger partial charge on any atom is -0.495 e. The predicted molar refractivity (Wildman–Crippen MR) is 119 cm³/mol. The lowest BCUT2D eigenvalue weighted by Crippen LogP contribution is -2.19. The van der Waals surface area contributed by atoms with E-state index in [-0.39, 0.29) is 4.90 Å². The number of hydrogen-bond acceptors (Lipinski definition) is 4. The van der Waals surface area contributed by atoms with Gasteiger partial charge in [-0.2, -0.15) is 0 Å². The van der Waals surface area contributed by atoms with Crippen LogP contribution >= 0.6 is 11.6 Å². The maximum absolute atomic E-state index is 12.7. The Balaban J connectivity index is 1.70. The van der Waals surface area contributed by atoms with Crippen LogP contribution < -0.4 is 20.1 Å². The summed E-state index contributed by atoms with van der Waals surface area (Å²) in [5.41, 5.74) is 2.21. The Morgan fingerprint density at radius 2 is 1.63 bits per heavy atom. The number of carbonyl (C=O) groups excluding carboxylic acids is 1. The first-order valence-electron chi connectivity index (χ1n) is 8.88. The van der Waals surface area contributed by atoms with Crippen LogP contribution in [0.25, 0.3) is 0 Å². The van der Waals surface area contributed by atoms with Gasteiger partial charge in [0.2, 0.25) is 0 Å². The van der Waals surface area contributed by atoms with Gasteiger partial charge < -0.3 is 15.4 Å². The summed E-state index contributed by atoms with van der Waals surface area (Å²) in [6.07, 6.45) is 0. The average Bonchev–Trinajstić information content (AvgIpc) is 2.68. The third-order valence-corrected chi connectivity index (χ3v) is 5.72. The number of ether oxygens (including phenoxy) is 1. The van der Waals surface area contributed by atoms with Crippen LogP contribution in [0.3, 0.4) is 0 Å². The maximum atomic E-state index is 12.7. The van der Waals surface area contributed by atoms with Crippen molar-refractivity contribution in [2.75, 3.05) is 22.5 Å². The molecule has 2 amide bonds. The molecule has 9 heteroatoms. The topological polar surface area (TPSA) is 96.5 Å². The number of sulfonamides is 1. The van der Waals surface area contributed by atoms with E-state index in [1.165, 1.54) is 31.4 Å². The number of benzene rings is 3. The molecule has 0 aliphatic rings. The van der Waals surface area contributed by atoms with Crippen molar-refractivity contribution in [2.24, 2.45) is 0 Å². The van der Waals surface area contributed by atoms with Gasteiger partial charge in [-0.15, -0.1) is 0 Å². The molecular formula is C21H20ClN3O4S. The molecule has 0 unspecified atom stereocenters. The Hall–Kier alpha value is -3.23. The number of carbonyl (C=O) groups is 1. The Labute approximate surface area is 180 Å². The third kappa shape index (κ3) is 5.43. The fourth-order valence-corrected chi connectivity index (χ4v) is 3.93. The molecule has 0 heterocycles. The highest BCUT2D eigenvalue weighted by atomic mass is 35.5. The summed E-state index contributed by atoms with van der Waals surface area (Å²) >= 11 is 5.89. The number of halogens is 1. The van der Waals surface area contributed by atoms with E-state index in [9.17, 15) is 13.2 Å². The first kappa shape index (κ1) is 21.5. The third-order valence-electron chi connectivity index (χ3n) is 4.10. The molecule has 0 radical (unpaired) electrons. The number of amides is 2. The number of anilines is 3. The summed E-state index contributed by atoms with van der Waals surface area (Å²) in [6, 6.07) is 17.3. The van der Waals surface area contributed by atoms with Crippen molar-refractivity contribution < 1.29 is 17.9 Å². The summed E-state index contributed by atoms with van der Waals surface area (Å²) < 4.78 is 33.2. The second-order valence-corrected chi connectivity index (χ2v) is 8.54. The monoisotopic (exact) mass is 445 g/mol. The molecule has 3 aromatic carbocycles. The first-order valence-corrected chi connectivity index (χ1v) is 10.7. The number of aryl methyl sites for hydroxylation is 1. The Bertz CT molecular complexity index is 1170. The van der Waals surface area contributed by atoms with Gasteiger partial charge in [0.1, 0.15) is 5.75 Å². The smallest absolute Gasteiger partial charge is 0.323 e. The van der Waals surface area contributed by atoms with Gasteiger partial charge in [0, 0.05) is 16.4 Å². The van der Waals surface area contributed by atoms with Crippen LogP contribution in [0.5, 0.6) is 5.75 Å². The summed E-state index contributed by atoms with van der Waals surface area (Å²) in [4.78, 5) is 12.2. The van der Waals surface area contributed by atoms with E-state index in [1.54, 1.807) is 36.4 Å². The maximum Gasteiger partial charge on any atom is 0.323 e. The molecule has 156 valence electrons. The highest BCUT2D eigenvalue weighted by Gasteiger charge is 2.17. The standard InChI is InChI=1S/C21H20ClN3O4S/c1-14-6-11-20(29-2)19(12-14)25-30(27,28)18-9-7-16(8-10-18)23-21(26)24-17-5-3-4-15(22)13-17/h3-13,25H,1-2H3,(H2,23,24,26). The van der Waals surface area contributed by atoms with Crippen LogP contribution in [0.15, 0.2) is 71.6 Å². The average molecular weight is 446 g/mol. The lowest BCUT2D eigenvalue weighted by molar-refractivity contribution is 0.262. The molecule has 30 heavy (non-hydrogen) atoms. The fourth-order valence-electron chi connectivity index (χ4n) is 2.68. The number of urea groups is 1. The van der Waals surface area contributed by atoms with E-state index < -0.39 is 16.1 Å². The number of rotatable bonds is 6. The molecule has 0 aliphatic carbocycles. The highest BCUT2D eigenvalue weighted by Crippen LogP contribution is 2.28. The Kier molecular flexibility index (Phi) is 6.49. The molecule has 7 nitrogen and oxygen atoms in total. The van der Waals surface area contributed by atoms with Gasteiger partial charge >= 0.3 is 6.03 Å².